The van der Waals surface area contributed by atoms with Crippen molar-refractivity contribution in [2.45, 2.75) is 37.6 Å². The molecule has 2 fully saturated rings. The molecular formula is C19H22N4O3. The van der Waals surface area contributed by atoms with Crippen molar-refractivity contribution in [1.82, 2.24) is 19.9 Å². The maximum atomic E-state index is 12.5. The topological polar surface area (TPSA) is 77.4 Å². The summed E-state index contributed by atoms with van der Waals surface area (Å²) < 4.78 is 12.1. The van der Waals surface area contributed by atoms with Crippen molar-refractivity contribution in [1.29, 1.82) is 0 Å². The number of hydrogen-bond acceptors (Lipinski definition) is 6. The Morgan fingerprint density at radius 1 is 1.23 bits per heavy atom. The molecule has 0 unspecified atom stereocenters. The van der Waals surface area contributed by atoms with E-state index in [0.29, 0.717) is 26.3 Å². The smallest absolute Gasteiger partial charge is 0.291 e. The van der Waals surface area contributed by atoms with Crippen LogP contribution in [0.4, 0.5) is 0 Å². The van der Waals surface area contributed by atoms with Crippen LogP contribution in [0.5, 0.6) is 0 Å². The van der Waals surface area contributed by atoms with Crippen molar-refractivity contribution in [3.8, 4) is 0 Å². The largest absolute Gasteiger partial charge is 0.372 e. The van der Waals surface area contributed by atoms with E-state index in [2.05, 4.69) is 15.0 Å². The predicted octanol–water partition coefficient (Wildman–Crippen LogP) is 1.85. The van der Waals surface area contributed by atoms with Crippen LogP contribution in [0, 0.1) is 0 Å². The molecule has 7 heteroatoms. The van der Waals surface area contributed by atoms with Crippen molar-refractivity contribution >= 4 is 5.91 Å². The maximum Gasteiger partial charge on any atom is 0.291 e. The molecule has 2 aliphatic rings. The van der Waals surface area contributed by atoms with E-state index in [1.807, 2.05) is 23.2 Å². The van der Waals surface area contributed by atoms with E-state index in [0.717, 1.165) is 24.8 Å². The normalized spacial score (nSPS) is 21.8. The highest BCUT2D eigenvalue weighted by molar-refractivity contribution is 5.90. The number of carbonyl (C=O) groups excluding carboxylic acids is 1. The van der Waals surface area contributed by atoms with Crippen molar-refractivity contribution < 1.29 is 14.3 Å². The van der Waals surface area contributed by atoms with Crippen LogP contribution in [0.3, 0.4) is 0 Å². The number of ether oxygens (including phenoxy) is 2. The fourth-order valence-electron chi connectivity index (χ4n) is 3.62. The highest BCUT2D eigenvalue weighted by Gasteiger charge is 2.44. The Kier molecular flexibility index (Phi) is 4.90. The Hall–Kier alpha value is -2.38. The molecule has 2 aromatic heterocycles. The van der Waals surface area contributed by atoms with Gasteiger partial charge in [0.1, 0.15) is 0 Å². The van der Waals surface area contributed by atoms with Crippen LogP contribution in [0.2, 0.25) is 0 Å². The van der Waals surface area contributed by atoms with Crippen LogP contribution in [-0.2, 0) is 16.1 Å². The van der Waals surface area contributed by atoms with Gasteiger partial charge in [-0.05, 0) is 30.5 Å². The molecule has 1 atom stereocenters. The first-order valence-electron chi connectivity index (χ1n) is 8.95. The van der Waals surface area contributed by atoms with E-state index in [1.165, 1.54) is 0 Å². The number of likely N-dealkylation sites (tertiary alicyclic amines) is 1. The number of carbonyl (C=O) groups is 1. The van der Waals surface area contributed by atoms with E-state index in [1.54, 1.807) is 24.7 Å². The minimum Gasteiger partial charge on any atom is -0.372 e. The lowest BCUT2D eigenvalue weighted by atomic mass is 9.88. The molecule has 136 valence electrons. The van der Waals surface area contributed by atoms with Crippen molar-refractivity contribution in [2.75, 3.05) is 19.7 Å². The zero-order valence-electron chi connectivity index (χ0n) is 14.6. The van der Waals surface area contributed by atoms with E-state index in [9.17, 15) is 4.79 Å². The molecule has 0 aliphatic carbocycles. The molecule has 1 spiro atoms. The first-order valence-corrected chi connectivity index (χ1v) is 8.95. The summed E-state index contributed by atoms with van der Waals surface area (Å²) in [6.45, 7) is 2.47. The van der Waals surface area contributed by atoms with Gasteiger partial charge in [-0.1, -0.05) is 6.07 Å². The second-order valence-electron chi connectivity index (χ2n) is 6.86. The summed E-state index contributed by atoms with van der Waals surface area (Å²) in [7, 11) is 0. The zero-order valence-corrected chi connectivity index (χ0v) is 14.6. The molecule has 0 N–H and O–H groups in total. The molecule has 7 nitrogen and oxygen atoms in total. The molecule has 0 aromatic carbocycles. The van der Waals surface area contributed by atoms with Gasteiger partial charge < -0.3 is 14.4 Å². The monoisotopic (exact) mass is 354 g/mol. The summed E-state index contributed by atoms with van der Waals surface area (Å²) in [5.74, 6) is 0.149. The third-order valence-corrected chi connectivity index (χ3v) is 5.10. The Balaban J connectivity index is 1.28. The minimum absolute atomic E-state index is 0.0925. The molecule has 26 heavy (non-hydrogen) atoms. The number of hydrogen-bond donors (Lipinski definition) is 0. The van der Waals surface area contributed by atoms with Gasteiger partial charge >= 0.3 is 0 Å². The van der Waals surface area contributed by atoms with Crippen LogP contribution >= 0.6 is 0 Å². The van der Waals surface area contributed by atoms with Gasteiger partial charge in [-0.2, -0.15) is 0 Å². The SMILES string of the molecule is O=C(c1ncccn1)N1CCC2(CC1)C[C@H](OCc1cccnc1)CO2. The molecule has 4 heterocycles. The second kappa shape index (κ2) is 7.47. The number of aromatic nitrogens is 3. The number of amides is 1. The quantitative estimate of drug-likeness (QED) is 0.834. The predicted molar refractivity (Wildman–Crippen MR) is 93.3 cm³/mol. The first kappa shape index (κ1) is 17.1. The van der Waals surface area contributed by atoms with Gasteiger partial charge in [-0.3, -0.25) is 9.78 Å². The summed E-state index contributed by atoms with van der Waals surface area (Å²) in [6.07, 6.45) is 9.36. The maximum absolute atomic E-state index is 12.5. The number of pyridine rings is 1. The van der Waals surface area contributed by atoms with Gasteiger partial charge in [0.15, 0.2) is 0 Å². The van der Waals surface area contributed by atoms with Gasteiger partial charge in [0.05, 0.1) is 24.9 Å². The lowest BCUT2D eigenvalue weighted by molar-refractivity contribution is -0.0414. The average molecular weight is 354 g/mol. The lowest BCUT2D eigenvalue weighted by Gasteiger charge is -2.38. The molecular weight excluding hydrogens is 332 g/mol. The molecule has 0 saturated carbocycles. The van der Waals surface area contributed by atoms with Crippen LogP contribution in [0.1, 0.15) is 35.4 Å². The molecule has 0 radical (unpaired) electrons. The fourth-order valence-corrected chi connectivity index (χ4v) is 3.62. The highest BCUT2D eigenvalue weighted by atomic mass is 16.6. The van der Waals surface area contributed by atoms with Crippen LogP contribution in [0.15, 0.2) is 43.0 Å². The van der Waals surface area contributed by atoms with Gasteiger partial charge in [-0.25, -0.2) is 9.97 Å². The summed E-state index contributed by atoms with van der Waals surface area (Å²) in [5.41, 5.74) is 0.894. The van der Waals surface area contributed by atoms with Crippen molar-refractivity contribution in [3.05, 3.63) is 54.4 Å². The fraction of sp³-hybridized carbons (Fsp3) is 0.474. The second-order valence-corrected chi connectivity index (χ2v) is 6.86. The first-order chi connectivity index (χ1) is 12.7. The number of nitrogens with zero attached hydrogens (tertiary/aromatic N) is 4. The van der Waals surface area contributed by atoms with E-state index < -0.39 is 0 Å². The molecule has 2 aromatic rings. The summed E-state index contributed by atoms with van der Waals surface area (Å²) in [5, 5.41) is 0. The van der Waals surface area contributed by atoms with Crippen molar-refractivity contribution in [2.24, 2.45) is 0 Å². The Morgan fingerprint density at radius 3 is 2.77 bits per heavy atom. The molecule has 2 saturated heterocycles. The van der Waals surface area contributed by atoms with Gasteiger partial charge in [-0.15, -0.1) is 0 Å². The van der Waals surface area contributed by atoms with Gasteiger partial charge in [0.25, 0.3) is 5.91 Å². The number of rotatable bonds is 4. The number of piperidine rings is 1. The molecule has 2 aliphatic heterocycles. The molecule has 1 amide bonds. The summed E-state index contributed by atoms with van der Waals surface area (Å²) in [4.78, 5) is 26.5. The van der Waals surface area contributed by atoms with Crippen LogP contribution < -0.4 is 0 Å². The van der Waals surface area contributed by atoms with E-state index in [-0.39, 0.29) is 23.4 Å². The molecule has 0 bridgehead atoms. The van der Waals surface area contributed by atoms with E-state index in [4.69, 9.17) is 9.47 Å². The summed E-state index contributed by atoms with van der Waals surface area (Å²) in [6, 6.07) is 5.63. The van der Waals surface area contributed by atoms with Crippen LogP contribution in [0.25, 0.3) is 0 Å². The Morgan fingerprint density at radius 2 is 2.04 bits per heavy atom. The van der Waals surface area contributed by atoms with Crippen molar-refractivity contribution in [3.63, 3.8) is 0 Å². The third kappa shape index (κ3) is 3.73. The lowest BCUT2D eigenvalue weighted by Crippen LogP contribution is -2.47. The van der Waals surface area contributed by atoms with Gasteiger partial charge in [0.2, 0.25) is 5.82 Å². The van der Waals surface area contributed by atoms with Gasteiger partial charge in [0, 0.05) is 44.3 Å². The van der Waals surface area contributed by atoms with Crippen LogP contribution in [-0.4, -0.2) is 57.2 Å². The standard InChI is InChI=1S/C19H22N4O3/c24-18(17-21-7-2-8-22-17)23-9-4-19(5-10-23)11-16(14-26-19)25-13-15-3-1-6-20-12-15/h1-3,6-8,12,16H,4-5,9-11,13-14H2/t16-/m0/s1. The Bertz CT molecular complexity index is 733. The third-order valence-electron chi connectivity index (χ3n) is 5.10. The zero-order chi connectivity index (χ0) is 17.8. The average Bonchev–Trinajstić information content (AvgIpc) is 3.10. The minimum atomic E-state index is -0.173. The molecule has 4 rings (SSSR count). The summed E-state index contributed by atoms with van der Waals surface area (Å²) >= 11 is 0. The highest BCUT2D eigenvalue weighted by Crippen LogP contribution is 2.37. The van der Waals surface area contributed by atoms with E-state index >= 15 is 0 Å². The Labute approximate surface area is 152 Å².